The fraction of sp³-hybridized carbons (Fsp3) is 0.378. The summed E-state index contributed by atoms with van der Waals surface area (Å²) in [6, 6.07) is 10.7. The number of aryl methyl sites for hydroxylation is 1. The molecule has 1 aliphatic heterocycles. The zero-order chi connectivity index (χ0) is 33.3. The number of pyridine rings is 3. The summed E-state index contributed by atoms with van der Waals surface area (Å²) in [4.78, 5) is 49.3. The molecule has 250 valence electrons. The molecule has 4 aromatic heterocycles. The van der Waals surface area contributed by atoms with Crippen LogP contribution < -0.4 is 20.5 Å². The number of nitrogens with one attached hydrogen (secondary N) is 1. The maximum atomic E-state index is 13.8. The molecule has 11 nitrogen and oxygen atoms in total. The van der Waals surface area contributed by atoms with Crippen molar-refractivity contribution in [2.24, 2.45) is 12.5 Å². The Balaban J connectivity index is 0.00000451. The number of ketones is 1. The van der Waals surface area contributed by atoms with Gasteiger partial charge < -0.3 is 24.3 Å². The summed E-state index contributed by atoms with van der Waals surface area (Å²) in [5, 5.41) is 13.7. The maximum Gasteiger partial charge on any atom is 0.276 e. The molecule has 0 unspecified atom stereocenters. The molecular weight excluding hydrogens is 608 g/mol. The van der Waals surface area contributed by atoms with E-state index in [1.54, 1.807) is 61.6 Å². The first kappa shape index (κ1) is 34.1. The van der Waals surface area contributed by atoms with Gasteiger partial charge in [0.25, 0.3) is 11.5 Å². The van der Waals surface area contributed by atoms with E-state index in [-0.39, 0.29) is 42.4 Å². The molecule has 1 aliphatic carbocycles. The fourth-order valence-corrected chi connectivity index (χ4v) is 6.52. The number of anilines is 3. The smallest absolute Gasteiger partial charge is 0.276 e. The summed E-state index contributed by atoms with van der Waals surface area (Å²) < 4.78 is 9.32. The molecule has 0 aromatic carbocycles. The highest BCUT2D eigenvalue weighted by Crippen LogP contribution is 2.40. The topological polar surface area (TPSA) is 132 Å². The zero-order valence-electron chi connectivity index (χ0n) is 27.1. The average Bonchev–Trinajstić information content (AvgIpc) is 3.53. The average molecular weight is 651 g/mol. The Morgan fingerprint density at radius 1 is 1.15 bits per heavy atom. The molecule has 5 heterocycles. The van der Waals surface area contributed by atoms with Crippen molar-refractivity contribution in [1.82, 2.24) is 19.1 Å². The number of Topliss-reactive ketones (excluding diaryl/α,β-unsaturated/α-hetero) is 1. The van der Waals surface area contributed by atoms with Crippen LogP contribution >= 0.6 is 0 Å². The quantitative estimate of drug-likeness (QED) is 0.139. The first-order valence-electron chi connectivity index (χ1n) is 15.7. The van der Waals surface area contributed by atoms with Gasteiger partial charge in [0.15, 0.2) is 0 Å². The van der Waals surface area contributed by atoms with E-state index in [1.165, 1.54) is 15.8 Å². The monoisotopic (exact) mass is 650 g/mol. The van der Waals surface area contributed by atoms with Crippen LogP contribution in [0, 0.1) is 17.3 Å². The van der Waals surface area contributed by atoms with Gasteiger partial charge in [0, 0.05) is 61.8 Å². The van der Waals surface area contributed by atoms with Crippen LogP contribution in [0.3, 0.4) is 0 Å². The molecule has 48 heavy (non-hydrogen) atoms. The van der Waals surface area contributed by atoms with Crippen LogP contribution in [0.25, 0.3) is 11.1 Å². The lowest BCUT2D eigenvalue weighted by Gasteiger charge is -2.31. The molecule has 0 fully saturated rings. The molecule has 0 bridgehead atoms. The third-order valence-corrected chi connectivity index (χ3v) is 8.61. The zero-order valence-corrected chi connectivity index (χ0v) is 27.1. The molecule has 0 atom stereocenters. The highest BCUT2D eigenvalue weighted by Gasteiger charge is 2.37. The van der Waals surface area contributed by atoms with Gasteiger partial charge in [-0.15, -0.1) is 0 Å². The number of ether oxygens (including phenoxy) is 1. The van der Waals surface area contributed by atoms with Gasteiger partial charge in [0.1, 0.15) is 23.0 Å². The molecule has 0 saturated heterocycles. The Labute approximate surface area is 280 Å². The van der Waals surface area contributed by atoms with E-state index in [1.807, 2.05) is 6.07 Å². The Bertz CT molecular complexity index is 2000. The van der Waals surface area contributed by atoms with Gasteiger partial charge in [-0.3, -0.25) is 19.3 Å². The van der Waals surface area contributed by atoms with Crippen LogP contribution in [-0.4, -0.2) is 49.1 Å². The second-order valence-corrected chi connectivity index (χ2v) is 12.7. The normalized spacial score (nSPS) is 14.4. The van der Waals surface area contributed by atoms with Gasteiger partial charge in [-0.1, -0.05) is 33.3 Å². The third-order valence-electron chi connectivity index (χ3n) is 8.61. The summed E-state index contributed by atoms with van der Waals surface area (Å²) in [5.41, 5.74) is 5.12. The van der Waals surface area contributed by atoms with Gasteiger partial charge in [-0.2, -0.15) is 4.98 Å². The standard InChI is InChI=1S/C36H38N6O5.CH4/c1-5-8-25(44)9-7-16-47-32-11-6-10-31(39-32)38-28-17-24(21-40(4)34(28)45)26-12-13-37-33(27(26)22-43)42-15-14-41-29(35(42)46)18-23-19-36(2,3)20-30(23)41;/h6,10-13,17-18,21,43H,7,9,14-16,19-20,22H2,1-4H3,(H,38,39);1H4. The molecule has 11 heteroatoms. The SMILES string of the molecule is C.CC#CC(=O)CCCOc1cccc(Nc2cc(-c3ccnc(N4CCn5c(cc6c5CC(C)(C)C6)C4=O)c3CO)cn(C)c2=O)n1. The molecule has 6 rings (SSSR count). The second-order valence-electron chi connectivity index (χ2n) is 12.7. The number of aromatic nitrogens is 4. The first-order valence-corrected chi connectivity index (χ1v) is 15.7. The largest absolute Gasteiger partial charge is 0.478 e. The van der Waals surface area contributed by atoms with Crippen molar-refractivity contribution in [3.05, 3.63) is 81.7 Å². The van der Waals surface area contributed by atoms with Gasteiger partial charge in [-0.25, -0.2) is 4.98 Å². The summed E-state index contributed by atoms with van der Waals surface area (Å²) in [7, 11) is 1.65. The van der Waals surface area contributed by atoms with E-state index in [0.29, 0.717) is 72.4 Å². The highest BCUT2D eigenvalue weighted by molar-refractivity contribution is 6.06. The number of carbonyl (C=O) groups is 2. The molecule has 0 saturated carbocycles. The van der Waals surface area contributed by atoms with Crippen molar-refractivity contribution in [3.63, 3.8) is 0 Å². The van der Waals surface area contributed by atoms with Gasteiger partial charge in [0.05, 0.1) is 13.2 Å². The number of rotatable bonds is 10. The highest BCUT2D eigenvalue weighted by atomic mass is 16.5. The van der Waals surface area contributed by atoms with Crippen LogP contribution in [0.2, 0.25) is 0 Å². The summed E-state index contributed by atoms with van der Waals surface area (Å²) >= 11 is 0. The first-order chi connectivity index (χ1) is 22.6. The molecule has 2 N–H and O–H groups in total. The lowest BCUT2D eigenvalue weighted by Crippen LogP contribution is -2.41. The second kappa shape index (κ2) is 13.9. The lowest BCUT2D eigenvalue weighted by atomic mass is 9.90. The predicted molar refractivity (Wildman–Crippen MR) is 186 cm³/mol. The number of nitrogens with zero attached hydrogens (tertiary/aromatic N) is 5. The number of carbonyl (C=O) groups excluding carboxylic acids is 2. The Morgan fingerprint density at radius 2 is 1.96 bits per heavy atom. The van der Waals surface area contributed by atoms with Crippen molar-refractivity contribution >= 4 is 29.0 Å². The van der Waals surface area contributed by atoms with E-state index >= 15 is 0 Å². The number of fused-ring (bicyclic) bond motifs is 3. The molecule has 4 aromatic rings. The Morgan fingerprint density at radius 3 is 2.73 bits per heavy atom. The van der Waals surface area contributed by atoms with Crippen LogP contribution in [-0.2, 0) is 37.8 Å². The minimum atomic E-state index is -0.350. The van der Waals surface area contributed by atoms with E-state index in [2.05, 4.69) is 45.5 Å². The number of amides is 1. The molecular formula is C37H42N6O5. The fourth-order valence-electron chi connectivity index (χ4n) is 6.52. The number of aliphatic hydroxyl groups is 1. The molecule has 2 aliphatic rings. The van der Waals surface area contributed by atoms with Crippen molar-refractivity contribution < 1.29 is 19.4 Å². The maximum absolute atomic E-state index is 13.8. The van der Waals surface area contributed by atoms with Crippen molar-refractivity contribution in [2.45, 2.75) is 67.0 Å². The minimum absolute atomic E-state index is 0. The van der Waals surface area contributed by atoms with Gasteiger partial charge >= 0.3 is 0 Å². The van der Waals surface area contributed by atoms with E-state index in [0.717, 1.165) is 12.8 Å². The molecule has 1 amide bonds. The molecule has 0 spiro atoms. The van der Waals surface area contributed by atoms with Crippen LogP contribution in [0.5, 0.6) is 5.88 Å². The number of aliphatic hydroxyl groups excluding tert-OH is 1. The minimum Gasteiger partial charge on any atom is -0.478 e. The van der Waals surface area contributed by atoms with Gasteiger partial charge in [0.2, 0.25) is 11.7 Å². The predicted octanol–water partition coefficient (Wildman–Crippen LogP) is 5.05. The number of hydrogen-bond acceptors (Lipinski definition) is 8. The Kier molecular flexibility index (Phi) is 9.87. The lowest BCUT2D eigenvalue weighted by molar-refractivity contribution is -0.114. The van der Waals surface area contributed by atoms with Crippen molar-refractivity contribution in [1.29, 1.82) is 0 Å². The van der Waals surface area contributed by atoms with Crippen LogP contribution in [0.15, 0.2) is 53.6 Å². The summed E-state index contributed by atoms with van der Waals surface area (Å²) in [5.74, 6) is 5.99. The number of hydrogen-bond donors (Lipinski definition) is 2. The summed E-state index contributed by atoms with van der Waals surface area (Å²) in [6.45, 7) is 7.16. The summed E-state index contributed by atoms with van der Waals surface area (Å²) in [6.07, 6.45) is 6.01. The van der Waals surface area contributed by atoms with Crippen molar-refractivity contribution in [2.75, 3.05) is 23.4 Å². The Hall–Kier alpha value is -5.21. The van der Waals surface area contributed by atoms with E-state index in [9.17, 15) is 19.5 Å². The van der Waals surface area contributed by atoms with Gasteiger partial charge in [-0.05, 0) is 72.9 Å². The van der Waals surface area contributed by atoms with E-state index in [4.69, 9.17) is 4.74 Å². The van der Waals surface area contributed by atoms with E-state index < -0.39 is 0 Å². The molecule has 0 radical (unpaired) electrons. The van der Waals surface area contributed by atoms with Crippen molar-refractivity contribution in [3.8, 4) is 28.8 Å². The van der Waals surface area contributed by atoms with Crippen LogP contribution in [0.4, 0.5) is 17.3 Å². The third kappa shape index (κ3) is 6.75. The van der Waals surface area contributed by atoms with Crippen LogP contribution in [0.1, 0.15) is 68.3 Å².